The van der Waals surface area contributed by atoms with Crippen LogP contribution in [0.3, 0.4) is 0 Å². The molecule has 0 radical (unpaired) electrons. The van der Waals surface area contributed by atoms with Gasteiger partial charge in [-0.1, -0.05) is 20.8 Å². The number of rotatable bonds is 9. The summed E-state index contributed by atoms with van der Waals surface area (Å²) < 4.78 is 5.77. The first-order chi connectivity index (χ1) is 7.06. The highest BCUT2D eigenvalue weighted by Gasteiger charge is 2.07. The van der Waals surface area contributed by atoms with Crippen LogP contribution in [0.2, 0.25) is 0 Å². The zero-order valence-electron chi connectivity index (χ0n) is 11.2. The maximum Gasteiger partial charge on any atom is 0.0561 e. The van der Waals surface area contributed by atoms with Crippen molar-refractivity contribution < 1.29 is 4.74 Å². The van der Waals surface area contributed by atoms with E-state index in [1.807, 2.05) is 0 Å². The van der Waals surface area contributed by atoms with Crippen LogP contribution in [0.4, 0.5) is 0 Å². The van der Waals surface area contributed by atoms with E-state index in [4.69, 9.17) is 4.74 Å². The standard InChI is InChI=1S/C13H29NO/c1-6-14-12(4)10-13(5)15-9-7-8-11(2)3/h11-14H,6-10H2,1-5H3. The lowest BCUT2D eigenvalue weighted by Gasteiger charge is -2.18. The van der Waals surface area contributed by atoms with Crippen molar-refractivity contribution in [2.24, 2.45) is 5.92 Å². The van der Waals surface area contributed by atoms with E-state index < -0.39 is 0 Å². The molecule has 92 valence electrons. The molecule has 0 aromatic carbocycles. The molecule has 0 aliphatic rings. The molecule has 0 aliphatic carbocycles. The zero-order chi connectivity index (χ0) is 11.7. The van der Waals surface area contributed by atoms with Crippen molar-refractivity contribution in [3.63, 3.8) is 0 Å². The van der Waals surface area contributed by atoms with Gasteiger partial charge in [0.2, 0.25) is 0 Å². The Hall–Kier alpha value is -0.0800. The van der Waals surface area contributed by atoms with Crippen molar-refractivity contribution in [2.75, 3.05) is 13.2 Å². The summed E-state index contributed by atoms with van der Waals surface area (Å²) in [6.07, 6.45) is 3.95. The minimum absolute atomic E-state index is 0.381. The molecule has 0 rings (SSSR count). The molecule has 0 aromatic rings. The normalized spacial score (nSPS) is 15.6. The fraction of sp³-hybridized carbons (Fsp3) is 1.00. The molecule has 2 atom stereocenters. The fourth-order valence-corrected chi connectivity index (χ4v) is 1.77. The Morgan fingerprint density at radius 1 is 1.13 bits per heavy atom. The molecule has 0 spiro atoms. The van der Waals surface area contributed by atoms with Crippen LogP contribution < -0.4 is 5.32 Å². The maximum atomic E-state index is 5.77. The molecule has 2 unspecified atom stereocenters. The van der Waals surface area contributed by atoms with Gasteiger partial charge >= 0.3 is 0 Å². The lowest BCUT2D eigenvalue weighted by atomic mass is 10.1. The van der Waals surface area contributed by atoms with Crippen LogP contribution in [-0.2, 0) is 4.74 Å². The summed E-state index contributed by atoms with van der Waals surface area (Å²) in [6.45, 7) is 13.0. The quantitative estimate of drug-likeness (QED) is 0.596. The topological polar surface area (TPSA) is 21.3 Å². The van der Waals surface area contributed by atoms with Crippen LogP contribution >= 0.6 is 0 Å². The summed E-state index contributed by atoms with van der Waals surface area (Å²) in [5.41, 5.74) is 0. The molecule has 0 aliphatic heterocycles. The fourth-order valence-electron chi connectivity index (χ4n) is 1.77. The monoisotopic (exact) mass is 215 g/mol. The molecule has 0 heterocycles. The third-order valence-corrected chi connectivity index (χ3v) is 2.57. The number of hydrogen-bond acceptors (Lipinski definition) is 2. The second-order valence-corrected chi connectivity index (χ2v) is 4.91. The Morgan fingerprint density at radius 3 is 2.33 bits per heavy atom. The van der Waals surface area contributed by atoms with Crippen molar-refractivity contribution >= 4 is 0 Å². The molecule has 0 fully saturated rings. The predicted molar refractivity (Wildman–Crippen MR) is 67.2 cm³/mol. The van der Waals surface area contributed by atoms with Gasteiger partial charge < -0.3 is 10.1 Å². The molecule has 2 heteroatoms. The van der Waals surface area contributed by atoms with E-state index in [1.54, 1.807) is 0 Å². The first kappa shape index (κ1) is 14.9. The first-order valence-corrected chi connectivity index (χ1v) is 6.41. The van der Waals surface area contributed by atoms with Crippen molar-refractivity contribution in [2.45, 2.75) is 66.0 Å². The van der Waals surface area contributed by atoms with Gasteiger partial charge in [-0.05, 0) is 45.6 Å². The van der Waals surface area contributed by atoms with Gasteiger partial charge in [0.1, 0.15) is 0 Å². The second kappa shape index (κ2) is 9.17. The second-order valence-electron chi connectivity index (χ2n) is 4.91. The summed E-state index contributed by atoms with van der Waals surface area (Å²) in [5, 5.41) is 3.41. The van der Waals surface area contributed by atoms with E-state index in [9.17, 15) is 0 Å². The molecule has 15 heavy (non-hydrogen) atoms. The van der Waals surface area contributed by atoms with Crippen LogP contribution in [0.5, 0.6) is 0 Å². The Labute approximate surface area is 95.8 Å². The van der Waals surface area contributed by atoms with E-state index in [-0.39, 0.29) is 0 Å². The van der Waals surface area contributed by atoms with Crippen LogP contribution in [0, 0.1) is 5.92 Å². The molecule has 2 nitrogen and oxygen atoms in total. The van der Waals surface area contributed by atoms with Crippen molar-refractivity contribution in [1.82, 2.24) is 5.32 Å². The van der Waals surface area contributed by atoms with E-state index >= 15 is 0 Å². The predicted octanol–water partition coefficient (Wildman–Crippen LogP) is 3.22. The van der Waals surface area contributed by atoms with Crippen molar-refractivity contribution in [1.29, 1.82) is 0 Å². The first-order valence-electron chi connectivity index (χ1n) is 6.41. The number of hydrogen-bond donors (Lipinski definition) is 1. The molecular weight excluding hydrogens is 186 g/mol. The van der Waals surface area contributed by atoms with Gasteiger partial charge in [-0.3, -0.25) is 0 Å². The number of nitrogens with one attached hydrogen (secondary N) is 1. The lowest BCUT2D eigenvalue weighted by molar-refractivity contribution is 0.0506. The summed E-state index contributed by atoms with van der Waals surface area (Å²) in [7, 11) is 0. The minimum Gasteiger partial charge on any atom is -0.378 e. The van der Waals surface area contributed by atoms with Gasteiger partial charge in [0.25, 0.3) is 0 Å². The summed E-state index contributed by atoms with van der Waals surface area (Å²) in [4.78, 5) is 0. The van der Waals surface area contributed by atoms with Gasteiger partial charge in [0.15, 0.2) is 0 Å². The lowest BCUT2D eigenvalue weighted by Crippen LogP contribution is -2.29. The van der Waals surface area contributed by atoms with Crippen molar-refractivity contribution in [3.05, 3.63) is 0 Å². The van der Waals surface area contributed by atoms with E-state index in [0.29, 0.717) is 12.1 Å². The summed E-state index contributed by atoms with van der Waals surface area (Å²) in [6, 6.07) is 0.565. The number of ether oxygens (including phenoxy) is 1. The third-order valence-electron chi connectivity index (χ3n) is 2.57. The van der Waals surface area contributed by atoms with Gasteiger partial charge in [-0.25, -0.2) is 0 Å². The minimum atomic E-state index is 0.381. The molecule has 0 bridgehead atoms. The average Bonchev–Trinajstić information content (AvgIpc) is 2.12. The van der Waals surface area contributed by atoms with Gasteiger partial charge in [0.05, 0.1) is 6.10 Å². The van der Waals surface area contributed by atoms with Crippen LogP contribution in [0.15, 0.2) is 0 Å². The van der Waals surface area contributed by atoms with Crippen molar-refractivity contribution in [3.8, 4) is 0 Å². The highest BCUT2D eigenvalue weighted by molar-refractivity contribution is 4.63. The molecular formula is C13H29NO. The van der Waals surface area contributed by atoms with Gasteiger partial charge in [-0.15, -0.1) is 0 Å². The average molecular weight is 215 g/mol. The summed E-state index contributed by atoms with van der Waals surface area (Å²) in [5.74, 6) is 0.796. The van der Waals surface area contributed by atoms with Crippen LogP contribution in [0.25, 0.3) is 0 Å². The van der Waals surface area contributed by atoms with Gasteiger partial charge in [0, 0.05) is 12.6 Å². The highest BCUT2D eigenvalue weighted by atomic mass is 16.5. The smallest absolute Gasteiger partial charge is 0.0561 e. The third kappa shape index (κ3) is 10.2. The molecule has 0 amide bonds. The SMILES string of the molecule is CCNC(C)CC(C)OCCCC(C)C. The molecule has 0 saturated carbocycles. The van der Waals surface area contributed by atoms with Crippen LogP contribution in [-0.4, -0.2) is 25.3 Å². The zero-order valence-corrected chi connectivity index (χ0v) is 11.2. The molecule has 0 aromatic heterocycles. The Bertz CT molecular complexity index is 136. The Morgan fingerprint density at radius 2 is 1.80 bits per heavy atom. The molecule has 0 saturated heterocycles. The summed E-state index contributed by atoms with van der Waals surface area (Å²) >= 11 is 0. The maximum absolute atomic E-state index is 5.77. The Kier molecular flexibility index (Phi) is 9.12. The van der Waals surface area contributed by atoms with E-state index in [1.165, 1.54) is 12.8 Å². The van der Waals surface area contributed by atoms with E-state index in [2.05, 4.69) is 39.9 Å². The largest absolute Gasteiger partial charge is 0.378 e. The Balaban J connectivity index is 3.36. The van der Waals surface area contributed by atoms with Crippen LogP contribution in [0.1, 0.15) is 53.9 Å². The van der Waals surface area contributed by atoms with E-state index in [0.717, 1.165) is 25.5 Å². The highest BCUT2D eigenvalue weighted by Crippen LogP contribution is 2.07. The molecule has 1 N–H and O–H groups in total. The van der Waals surface area contributed by atoms with Gasteiger partial charge in [-0.2, -0.15) is 0 Å².